The summed E-state index contributed by atoms with van der Waals surface area (Å²) in [4.78, 5) is 36.3. The Morgan fingerprint density at radius 1 is 1.11 bits per heavy atom. The summed E-state index contributed by atoms with van der Waals surface area (Å²) >= 11 is 2.12. The number of hydrogen-bond donors (Lipinski definition) is 0. The van der Waals surface area contributed by atoms with Crippen molar-refractivity contribution in [2.75, 3.05) is 7.11 Å². The number of halogens is 1. The first-order chi connectivity index (χ1) is 16.9. The Labute approximate surface area is 215 Å². The van der Waals surface area contributed by atoms with Crippen LogP contribution in [0.3, 0.4) is 0 Å². The molecule has 10 heteroatoms. The Kier molecular flexibility index (Phi) is 6.30. The number of nitrogens with zero attached hydrogens (tertiary/aromatic N) is 3. The van der Waals surface area contributed by atoms with E-state index in [4.69, 9.17) is 9.47 Å². The number of imide groups is 1. The maximum absolute atomic E-state index is 13.0. The second-order valence-electron chi connectivity index (χ2n) is 8.82. The van der Waals surface area contributed by atoms with E-state index in [-0.39, 0.29) is 47.8 Å². The second kappa shape index (κ2) is 9.40. The highest BCUT2D eigenvalue weighted by Gasteiger charge is 2.56. The van der Waals surface area contributed by atoms with Gasteiger partial charge < -0.3 is 9.47 Å². The number of methoxy groups -OCH3 is 1. The third-order valence-electron chi connectivity index (χ3n) is 6.84. The average Bonchev–Trinajstić information content (AvgIpc) is 3.14. The zero-order valence-corrected chi connectivity index (χ0v) is 21.0. The number of non-ortho nitro benzene ring substituents is 1. The molecule has 1 saturated heterocycles. The summed E-state index contributed by atoms with van der Waals surface area (Å²) in [7, 11) is 1.52. The lowest BCUT2D eigenvalue weighted by molar-refractivity contribution is -0.384. The van der Waals surface area contributed by atoms with Crippen molar-refractivity contribution in [3.05, 3.63) is 73.4 Å². The molecular formula is C25H22IN3O6. The fourth-order valence-corrected chi connectivity index (χ4v) is 5.90. The van der Waals surface area contributed by atoms with Crippen LogP contribution in [0.15, 0.2) is 53.7 Å². The van der Waals surface area contributed by atoms with E-state index in [1.807, 2.05) is 6.07 Å². The van der Waals surface area contributed by atoms with Gasteiger partial charge in [-0.2, -0.15) is 10.1 Å². The molecule has 6 rings (SSSR count). The predicted octanol–water partition coefficient (Wildman–Crippen LogP) is 4.32. The monoisotopic (exact) mass is 587 g/mol. The van der Waals surface area contributed by atoms with Gasteiger partial charge in [0.2, 0.25) is 0 Å². The van der Waals surface area contributed by atoms with Gasteiger partial charge in [0.05, 0.1) is 33.7 Å². The first-order valence-electron chi connectivity index (χ1n) is 11.2. The van der Waals surface area contributed by atoms with E-state index in [0.29, 0.717) is 17.1 Å². The Morgan fingerprint density at radius 2 is 1.74 bits per heavy atom. The topological polar surface area (TPSA) is 111 Å². The molecule has 1 heterocycles. The molecule has 0 unspecified atom stereocenters. The number of allylic oxidation sites excluding steroid dienone is 2. The van der Waals surface area contributed by atoms with Gasteiger partial charge in [0, 0.05) is 12.1 Å². The van der Waals surface area contributed by atoms with E-state index in [0.717, 1.165) is 27.0 Å². The Hall–Kier alpha value is -3.28. The van der Waals surface area contributed by atoms with Crippen LogP contribution in [0.25, 0.3) is 0 Å². The van der Waals surface area contributed by atoms with Crippen molar-refractivity contribution < 1.29 is 24.0 Å². The molecule has 2 fully saturated rings. The smallest absolute Gasteiger partial charge is 0.269 e. The first kappa shape index (κ1) is 23.5. The highest BCUT2D eigenvalue weighted by atomic mass is 127. The molecule has 1 saturated carbocycles. The summed E-state index contributed by atoms with van der Waals surface area (Å²) < 4.78 is 12.2. The molecule has 2 aromatic rings. The first-order valence-corrected chi connectivity index (χ1v) is 12.3. The zero-order chi connectivity index (χ0) is 24.7. The van der Waals surface area contributed by atoms with Crippen LogP contribution in [-0.2, 0) is 16.2 Å². The van der Waals surface area contributed by atoms with Crippen LogP contribution in [0, 0.1) is 37.4 Å². The molecule has 2 aromatic carbocycles. The quantitative estimate of drug-likeness (QED) is 0.119. The van der Waals surface area contributed by atoms with Crippen molar-refractivity contribution >= 4 is 46.3 Å². The number of hydrogen-bond acceptors (Lipinski definition) is 7. The molecule has 0 N–H and O–H groups in total. The number of hydrazone groups is 1. The van der Waals surface area contributed by atoms with E-state index in [1.165, 1.54) is 25.5 Å². The van der Waals surface area contributed by atoms with Crippen molar-refractivity contribution in [1.82, 2.24) is 5.01 Å². The van der Waals surface area contributed by atoms with Gasteiger partial charge in [-0.1, -0.05) is 12.2 Å². The van der Waals surface area contributed by atoms with Gasteiger partial charge in [-0.3, -0.25) is 19.7 Å². The second-order valence-corrected chi connectivity index (χ2v) is 9.98. The van der Waals surface area contributed by atoms with Gasteiger partial charge >= 0.3 is 0 Å². The third-order valence-corrected chi connectivity index (χ3v) is 7.64. The third kappa shape index (κ3) is 4.30. The van der Waals surface area contributed by atoms with Crippen LogP contribution in [0.4, 0.5) is 5.69 Å². The highest BCUT2D eigenvalue weighted by molar-refractivity contribution is 14.1. The number of nitro groups is 1. The van der Waals surface area contributed by atoms with Crippen LogP contribution in [-0.4, -0.2) is 35.1 Å². The van der Waals surface area contributed by atoms with Crippen LogP contribution in [0.2, 0.25) is 0 Å². The van der Waals surface area contributed by atoms with Crippen molar-refractivity contribution in [3.63, 3.8) is 0 Å². The summed E-state index contributed by atoms with van der Waals surface area (Å²) in [6.07, 6.45) is 7.53. The van der Waals surface area contributed by atoms with Crippen molar-refractivity contribution in [2.45, 2.75) is 19.4 Å². The molecule has 9 nitrogen and oxygen atoms in total. The molecule has 2 bridgehead atoms. The van der Waals surface area contributed by atoms with Crippen LogP contribution in [0.5, 0.6) is 11.5 Å². The lowest BCUT2D eigenvalue weighted by Gasteiger charge is -2.37. The summed E-state index contributed by atoms with van der Waals surface area (Å²) in [5, 5.41) is 16.1. The number of nitro benzene ring substituents is 1. The van der Waals surface area contributed by atoms with E-state index < -0.39 is 4.92 Å². The average molecular weight is 587 g/mol. The van der Waals surface area contributed by atoms with E-state index in [9.17, 15) is 19.7 Å². The van der Waals surface area contributed by atoms with Crippen LogP contribution in [0.1, 0.15) is 24.0 Å². The van der Waals surface area contributed by atoms with Crippen molar-refractivity contribution in [2.24, 2.45) is 28.8 Å². The number of benzene rings is 2. The molecule has 35 heavy (non-hydrogen) atoms. The molecule has 0 radical (unpaired) electrons. The van der Waals surface area contributed by atoms with Gasteiger partial charge in [0.25, 0.3) is 17.5 Å². The summed E-state index contributed by atoms with van der Waals surface area (Å²) in [6.45, 7) is 0.202. The van der Waals surface area contributed by atoms with E-state index >= 15 is 0 Å². The van der Waals surface area contributed by atoms with E-state index in [2.05, 4.69) is 39.8 Å². The van der Waals surface area contributed by atoms with Gasteiger partial charge in [0.1, 0.15) is 6.61 Å². The van der Waals surface area contributed by atoms with Crippen LogP contribution >= 0.6 is 22.6 Å². The van der Waals surface area contributed by atoms with Gasteiger partial charge in [-0.25, -0.2) is 0 Å². The molecule has 0 aromatic heterocycles. The fraction of sp³-hybridized carbons (Fsp3) is 0.320. The maximum atomic E-state index is 13.0. The Morgan fingerprint density at radius 3 is 2.29 bits per heavy atom. The number of carbonyl (C=O) groups excluding carboxylic acids is 2. The normalized spacial score (nSPS) is 24.8. The van der Waals surface area contributed by atoms with Gasteiger partial charge in [-0.15, -0.1) is 0 Å². The molecular weight excluding hydrogens is 565 g/mol. The molecule has 0 spiro atoms. The Balaban J connectivity index is 1.31. The molecule has 1 aliphatic heterocycles. The van der Waals surface area contributed by atoms with Crippen molar-refractivity contribution in [1.29, 1.82) is 0 Å². The fourth-order valence-electron chi connectivity index (χ4n) is 5.12. The standard InChI is InChI=1S/C25H22IN3O6/c1-34-20-11-15(10-19(26)23(20)35-13-14-2-8-18(9-3-14)29(32)33)12-27-28-24(30)21-16-4-5-17(7-6-16)22(21)25(28)31/h2-5,8-12,16-17,21-22H,6-7,13H2,1H3/b27-12-/t16-,17-,21-,22-/m0/s1. The van der Waals surface area contributed by atoms with Gasteiger partial charge in [0.15, 0.2) is 11.5 Å². The predicted molar refractivity (Wildman–Crippen MR) is 135 cm³/mol. The summed E-state index contributed by atoms with van der Waals surface area (Å²) in [6, 6.07) is 9.68. The summed E-state index contributed by atoms with van der Waals surface area (Å²) in [5.74, 6) is 0.187. The minimum atomic E-state index is -0.449. The van der Waals surface area contributed by atoms with E-state index in [1.54, 1.807) is 18.2 Å². The largest absolute Gasteiger partial charge is 0.493 e. The maximum Gasteiger partial charge on any atom is 0.269 e. The molecule has 4 atom stereocenters. The highest BCUT2D eigenvalue weighted by Crippen LogP contribution is 2.49. The summed E-state index contributed by atoms with van der Waals surface area (Å²) in [5.41, 5.74) is 1.45. The zero-order valence-electron chi connectivity index (χ0n) is 18.8. The number of carbonyl (C=O) groups is 2. The number of rotatable bonds is 7. The molecule has 180 valence electrons. The number of amides is 2. The molecule has 3 aliphatic carbocycles. The minimum absolute atomic E-state index is 0.0164. The van der Waals surface area contributed by atoms with Crippen LogP contribution < -0.4 is 9.47 Å². The lowest BCUT2D eigenvalue weighted by atomic mass is 9.63. The Bertz CT molecular complexity index is 1230. The minimum Gasteiger partial charge on any atom is -0.493 e. The number of ether oxygens (including phenoxy) is 2. The SMILES string of the molecule is COc1cc(/C=N\N2C(=O)[C@@H]3[C@@H](C2=O)[C@H]2C=C[C@H]3CC2)cc(I)c1OCc1ccc([N+](=O)[O-])cc1. The van der Waals surface area contributed by atoms with Crippen molar-refractivity contribution in [3.8, 4) is 11.5 Å². The molecule has 2 amide bonds. The number of fused-ring (bicyclic) bond motifs is 1. The molecule has 4 aliphatic rings. The lowest BCUT2D eigenvalue weighted by Crippen LogP contribution is -2.38. The van der Waals surface area contributed by atoms with Gasteiger partial charge in [-0.05, 0) is 82.7 Å².